The highest BCUT2D eigenvalue weighted by Gasteiger charge is 2.39. The van der Waals surface area contributed by atoms with E-state index in [9.17, 15) is 14.0 Å². The minimum Gasteiger partial charge on any atom is -0.298 e. The number of halogens is 3. The SMILES string of the molecule is C=C(CCl)CN1C(=O)C(=O)c2c(Cl)ccc(F)c21. The molecule has 1 aliphatic rings. The molecule has 1 heterocycles. The zero-order chi connectivity index (χ0) is 13.4. The summed E-state index contributed by atoms with van der Waals surface area (Å²) in [5.41, 5.74) is 0.317. The van der Waals surface area contributed by atoms with Crippen molar-refractivity contribution in [3.8, 4) is 0 Å². The van der Waals surface area contributed by atoms with Crippen molar-refractivity contribution in [2.75, 3.05) is 17.3 Å². The van der Waals surface area contributed by atoms with Crippen LogP contribution in [0.4, 0.5) is 10.1 Å². The second kappa shape index (κ2) is 4.71. The number of anilines is 1. The summed E-state index contributed by atoms with van der Waals surface area (Å²) in [6.45, 7) is 3.63. The van der Waals surface area contributed by atoms with Gasteiger partial charge < -0.3 is 0 Å². The van der Waals surface area contributed by atoms with Gasteiger partial charge in [-0.25, -0.2) is 4.39 Å². The average molecular weight is 288 g/mol. The van der Waals surface area contributed by atoms with E-state index in [1.165, 1.54) is 6.07 Å². The lowest BCUT2D eigenvalue weighted by molar-refractivity contribution is -0.114. The smallest absolute Gasteiger partial charge is 0.298 e. The topological polar surface area (TPSA) is 37.4 Å². The van der Waals surface area contributed by atoms with Gasteiger partial charge in [-0.05, 0) is 17.7 Å². The number of hydrogen-bond donors (Lipinski definition) is 0. The van der Waals surface area contributed by atoms with E-state index in [0.29, 0.717) is 5.57 Å². The number of carbonyl (C=O) groups excluding carboxylic acids is 2. The van der Waals surface area contributed by atoms with Gasteiger partial charge in [0.2, 0.25) is 0 Å². The Morgan fingerprint density at radius 3 is 2.67 bits per heavy atom. The lowest BCUT2D eigenvalue weighted by atomic mass is 10.1. The van der Waals surface area contributed by atoms with Gasteiger partial charge in [0.05, 0.1) is 16.3 Å². The Labute approximate surface area is 113 Å². The van der Waals surface area contributed by atoms with Gasteiger partial charge in [0.15, 0.2) is 0 Å². The molecule has 0 fully saturated rings. The Kier molecular flexibility index (Phi) is 3.41. The number of benzene rings is 1. The highest BCUT2D eigenvalue weighted by atomic mass is 35.5. The molecule has 2 rings (SSSR count). The summed E-state index contributed by atoms with van der Waals surface area (Å²) in [5, 5.41) is 0.0590. The number of Topliss-reactive ketones (excluding diaryl/α,β-unsaturated/α-hetero) is 1. The molecule has 1 aromatic carbocycles. The largest absolute Gasteiger partial charge is 0.299 e. The summed E-state index contributed by atoms with van der Waals surface area (Å²) in [6.07, 6.45) is 0. The molecule has 1 aliphatic heterocycles. The van der Waals surface area contributed by atoms with Crippen molar-refractivity contribution >= 4 is 40.6 Å². The maximum absolute atomic E-state index is 13.8. The second-order valence-electron chi connectivity index (χ2n) is 3.86. The van der Waals surface area contributed by atoms with Crippen molar-refractivity contribution < 1.29 is 14.0 Å². The molecule has 1 aromatic rings. The van der Waals surface area contributed by atoms with Gasteiger partial charge in [-0.1, -0.05) is 18.2 Å². The van der Waals surface area contributed by atoms with Crippen molar-refractivity contribution in [3.63, 3.8) is 0 Å². The van der Waals surface area contributed by atoms with E-state index in [4.69, 9.17) is 23.2 Å². The monoisotopic (exact) mass is 287 g/mol. The van der Waals surface area contributed by atoms with Crippen molar-refractivity contribution in [1.82, 2.24) is 0 Å². The molecular formula is C12H8Cl2FNO2. The molecule has 0 N–H and O–H groups in total. The molecule has 0 spiro atoms. The van der Waals surface area contributed by atoms with Crippen molar-refractivity contribution in [2.24, 2.45) is 0 Å². The number of amides is 1. The minimum atomic E-state index is -0.816. The van der Waals surface area contributed by atoms with Crippen LogP contribution >= 0.6 is 23.2 Å². The molecule has 0 aromatic heterocycles. The second-order valence-corrected chi connectivity index (χ2v) is 4.53. The summed E-state index contributed by atoms with van der Waals surface area (Å²) in [4.78, 5) is 24.5. The van der Waals surface area contributed by atoms with Crippen LogP contribution in [0.1, 0.15) is 10.4 Å². The molecule has 0 saturated heterocycles. The molecule has 1 amide bonds. The molecule has 0 unspecified atom stereocenters. The lowest BCUT2D eigenvalue weighted by Gasteiger charge is -2.17. The van der Waals surface area contributed by atoms with Crippen LogP contribution in [0.5, 0.6) is 0 Å². The van der Waals surface area contributed by atoms with Gasteiger partial charge in [0.25, 0.3) is 11.7 Å². The van der Waals surface area contributed by atoms with Gasteiger partial charge in [0.1, 0.15) is 5.82 Å². The number of ketones is 1. The molecule has 0 aliphatic carbocycles. The summed E-state index contributed by atoms with van der Waals surface area (Å²) in [5.74, 6) is -2.17. The average Bonchev–Trinajstić information content (AvgIpc) is 2.60. The van der Waals surface area contributed by atoms with Crippen molar-refractivity contribution in [1.29, 1.82) is 0 Å². The Hall–Kier alpha value is -1.39. The van der Waals surface area contributed by atoms with Crippen molar-refractivity contribution in [2.45, 2.75) is 0 Å². The first-order valence-corrected chi connectivity index (χ1v) is 5.95. The van der Waals surface area contributed by atoms with Gasteiger partial charge in [-0.2, -0.15) is 0 Å². The number of fused-ring (bicyclic) bond motifs is 1. The first-order chi connectivity index (χ1) is 8.47. The Balaban J connectivity index is 2.55. The molecule has 6 heteroatoms. The van der Waals surface area contributed by atoms with Crippen LogP contribution in [-0.2, 0) is 4.79 Å². The van der Waals surface area contributed by atoms with Crippen LogP contribution in [0.3, 0.4) is 0 Å². The number of nitrogens with zero attached hydrogens (tertiary/aromatic N) is 1. The zero-order valence-electron chi connectivity index (χ0n) is 9.17. The number of rotatable bonds is 3. The van der Waals surface area contributed by atoms with Crippen LogP contribution in [0.25, 0.3) is 0 Å². The third-order valence-electron chi connectivity index (χ3n) is 2.58. The quantitative estimate of drug-likeness (QED) is 0.487. The normalized spacial score (nSPS) is 14.1. The maximum Gasteiger partial charge on any atom is 0.299 e. The fraction of sp³-hybridized carbons (Fsp3) is 0.167. The Morgan fingerprint density at radius 1 is 1.39 bits per heavy atom. The number of carbonyl (C=O) groups is 2. The zero-order valence-corrected chi connectivity index (χ0v) is 10.7. The summed E-state index contributed by atoms with van der Waals surface area (Å²) >= 11 is 11.4. The van der Waals surface area contributed by atoms with E-state index in [1.807, 2.05) is 0 Å². The highest BCUT2D eigenvalue weighted by molar-refractivity contribution is 6.55. The van der Waals surface area contributed by atoms with E-state index in [1.54, 1.807) is 0 Å². The van der Waals surface area contributed by atoms with E-state index in [2.05, 4.69) is 6.58 Å². The Bertz CT molecular complexity index is 571. The third kappa shape index (κ3) is 1.91. The first kappa shape index (κ1) is 13.1. The van der Waals surface area contributed by atoms with Gasteiger partial charge in [-0.15, -0.1) is 11.6 Å². The number of alkyl halides is 1. The maximum atomic E-state index is 13.8. The van der Waals surface area contributed by atoms with E-state index in [-0.39, 0.29) is 28.7 Å². The lowest BCUT2D eigenvalue weighted by Crippen LogP contribution is -2.32. The van der Waals surface area contributed by atoms with E-state index in [0.717, 1.165) is 11.0 Å². The minimum absolute atomic E-state index is 0.00165. The summed E-state index contributed by atoms with van der Waals surface area (Å²) in [6, 6.07) is 2.37. The standard InChI is InChI=1S/C12H8Cl2FNO2/c1-6(4-13)5-16-10-8(15)3-2-7(14)9(10)11(17)12(16)18/h2-3H,1,4-5H2. The first-order valence-electron chi connectivity index (χ1n) is 5.04. The summed E-state index contributed by atoms with van der Waals surface area (Å²) < 4.78 is 13.8. The number of hydrogen-bond acceptors (Lipinski definition) is 2. The molecular weight excluding hydrogens is 280 g/mol. The van der Waals surface area contributed by atoms with Crippen molar-refractivity contribution in [3.05, 3.63) is 40.7 Å². The molecule has 18 heavy (non-hydrogen) atoms. The third-order valence-corrected chi connectivity index (χ3v) is 3.28. The molecule has 0 bridgehead atoms. The molecule has 0 radical (unpaired) electrons. The van der Waals surface area contributed by atoms with E-state index < -0.39 is 17.5 Å². The molecule has 0 atom stereocenters. The van der Waals surface area contributed by atoms with Crippen LogP contribution in [-0.4, -0.2) is 24.1 Å². The Morgan fingerprint density at radius 2 is 2.06 bits per heavy atom. The fourth-order valence-corrected chi connectivity index (χ4v) is 2.09. The van der Waals surface area contributed by atoms with Crippen LogP contribution < -0.4 is 4.90 Å². The van der Waals surface area contributed by atoms with E-state index >= 15 is 0 Å². The molecule has 3 nitrogen and oxygen atoms in total. The predicted molar refractivity (Wildman–Crippen MR) is 68.0 cm³/mol. The van der Waals surface area contributed by atoms with Crippen LogP contribution in [0.15, 0.2) is 24.3 Å². The van der Waals surface area contributed by atoms with Crippen LogP contribution in [0, 0.1) is 5.82 Å². The molecule has 94 valence electrons. The van der Waals surface area contributed by atoms with Crippen LogP contribution in [0.2, 0.25) is 5.02 Å². The molecule has 0 saturated carbocycles. The van der Waals surface area contributed by atoms with Gasteiger partial charge >= 0.3 is 0 Å². The summed E-state index contributed by atoms with van der Waals surface area (Å²) in [7, 11) is 0. The predicted octanol–water partition coefficient (Wildman–Crippen LogP) is 2.80. The fourth-order valence-electron chi connectivity index (χ4n) is 1.77. The van der Waals surface area contributed by atoms with Gasteiger partial charge in [0, 0.05) is 12.4 Å². The highest BCUT2D eigenvalue weighted by Crippen LogP contribution is 2.36. The van der Waals surface area contributed by atoms with Gasteiger partial charge in [-0.3, -0.25) is 14.5 Å².